The number of aromatic nitrogens is 4. The molecule has 9 N–H and O–H groups in total. The molecule has 93 heavy (non-hydrogen) atoms. The largest absolute Gasteiger partial charge is 0.691 e. The average Bonchev–Trinajstić information content (AvgIpc) is 1.61. The van der Waals surface area contributed by atoms with Gasteiger partial charge in [0.25, 0.3) is 10.1 Å². The molecule has 3 amide bonds. The van der Waals surface area contributed by atoms with Crippen LogP contribution in [0.2, 0.25) is 0 Å². The zero-order chi connectivity index (χ0) is 67.9. The van der Waals surface area contributed by atoms with Crippen molar-refractivity contribution < 1.29 is 112 Å². The maximum Gasteiger partial charge on any atom is 0.490 e. The minimum absolute atomic E-state index is 0.0190. The number of anilines is 2. The lowest BCUT2D eigenvalue weighted by atomic mass is 9.81. The summed E-state index contributed by atoms with van der Waals surface area (Å²) in [7, 11) is -18.6. The number of unbranched alkanes of at least 4 members (excludes halogenated alkanes) is 2. The van der Waals surface area contributed by atoms with Crippen LogP contribution in [0.25, 0.3) is 11.2 Å². The Balaban J connectivity index is 0.879. The summed E-state index contributed by atoms with van der Waals surface area (Å²) in [5.41, 5.74) is 4.73. The highest BCUT2D eigenvalue weighted by atomic mass is 33.1. The Morgan fingerprint density at radius 3 is 2.42 bits per heavy atom. The summed E-state index contributed by atoms with van der Waals surface area (Å²) in [4.78, 5) is 91.6. The number of aliphatic hydroxyl groups is 1. The fourth-order valence-electron chi connectivity index (χ4n) is 10.5. The molecule has 3 unspecified atom stereocenters. The Morgan fingerprint density at radius 1 is 0.925 bits per heavy atom. The van der Waals surface area contributed by atoms with Crippen LogP contribution in [-0.4, -0.2) is 161 Å². The SMILES string of the molecule is CCOCCNC(=O)C(CSSCCCOC(=O)Nc1ncnc2c1ncn2[C@H]1C[C@@H](O)[C@@H](COP(=O)(O)OP(=O)(O)OP(=O)(O)O)O1)NC(=O)CCCCC[N+]1=C(/C=C/C=C/C=C2/N(CC)c3ccc(SOO[O-])cc3C2(C)C)C(C)(C)c2cc(S(=O)(=O)O)ccc21. The molecule has 1 saturated heterocycles. The molecule has 2 aromatic carbocycles. The van der Waals surface area contributed by atoms with Gasteiger partial charge in [0.05, 0.1) is 54.6 Å². The van der Waals surface area contributed by atoms with Gasteiger partial charge in [-0.2, -0.15) is 25.9 Å². The molecular weight excluding hydrogens is 1360 g/mol. The molecule has 6 atom stereocenters. The van der Waals surface area contributed by atoms with Gasteiger partial charge in [0.15, 0.2) is 22.7 Å². The maximum absolute atomic E-state index is 13.4. The van der Waals surface area contributed by atoms with Gasteiger partial charge < -0.3 is 59.7 Å². The lowest BCUT2D eigenvalue weighted by Gasteiger charge is -2.25. The van der Waals surface area contributed by atoms with Gasteiger partial charge in [-0.3, -0.25) is 33.6 Å². The summed E-state index contributed by atoms with van der Waals surface area (Å²) in [6.45, 7) is 13.4. The van der Waals surface area contributed by atoms with E-state index in [0.717, 1.165) is 57.2 Å². The molecule has 2 aromatic heterocycles. The van der Waals surface area contributed by atoms with E-state index in [1.165, 1.54) is 44.6 Å². The molecule has 39 heteroatoms. The summed E-state index contributed by atoms with van der Waals surface area (Å²) in [6, 6.07) is 9.52. The number of allylic oxidation sites excluding steroid dienone is 6. The van der Waals surface area contributed by atoms with Crippen LogP contribution in [0.15, 0.2) is 94.9 Å². The van der Waals surface area contributed by atoms with Crippen LogP contribution < -0.4 is 26.1 Å². The Labute approximate surface area is 548 Å². The predicted molar refractivity (Wildman–Crippen MR) is 340 cm³/mol. The van der Waals surface area contributed by atoms with Crippen LogP contribution in [0.1, 0.15) is 97.4 Å². The standard InChI is InChI=1S/C54H74N9O23P3S4/c1-7-61-40-21-19-35(92-84-83-68)28-37(40)53(3,4)44(61)16-11-9-12-17-45-54(5,6)38-29-36(93(76,77)78)20-22-41(38)62(45)24-14-10-13-18-46(65)59-39(51(66)55-23-26-79-8-2)32-91-90-27-15-25-80-52(67)60-49-48-50(57-33-56-49)63(34-58-48)47-30-42(64)43(82-47)31-81-88(72,73)86-89(74,75)85-87(69,70)71/h9,11-12,16-17,19-22,28-29,33-34,39,42-43,47,64H,7-8,10,13-15,18,23-27,30-32H2,1-6H3,(H8-,55,56,57,59,60,65,66,67,68,69,70,71,72,73,74,75,76,77,78)/t39?,42-,43-,47-/m1/s1. The molecule has 3 aliphatic heterocycles. The van der Waals surface area contributed by atoms with Gasteiger partial charge in [0.1, 0.15) is 31.2 Å². The number of phosphoric acid groups is 3. The molecule has 1 fully saturated rings. The number of hydrogen-bond donors (Lipinski definition) is 9. The van der Waals surface area contributed by atoms with Crippen LogP contribution in [0, 0.1) is 0 Å². The number of nitrogens with one attached hydrogen (secondary N) is 3. The van der Waals surface area contributed by atoms with E-state index in [9.17, 15) is 61.2 Å². The molecule has 0 bridgehead atoms. The van der Waals surface area contributed by atoms with Crippen molar-refractivity contribution in [1.82, 2.24) is 30.2 Å². The molecule has 0 saturated carbocycles. The maximum atomic E-state index is 13.4. The molecule has 5 heterocycles. The first kappa shape index (κ1) is 75.4. The van der Waals surface area contributed by atoms with Crippen LogP contribution in [0.5, 0.6) is 0 Å². The first-order chi connectivity index (χ1) is 43.9. The fraction of sp³-hybridized carbons (Fsp3) is 0.500. The number of benzene rings is 2. The van der Waals surface area contributed by atoms with Gasteiger partial charge in [-0.05, 0) is 88.9 Å². The minimum Gasteiger partial charge on any atom is -0.691 e. The van der Waals surface area contributed by atoms with E-state index in [2.05, 4.69) is 89.7 Å². The molecule has 0 spiro atoms. The quantitative estimate of drug-likeness (QED) is 0.00263. The van der Waals surface area contributed by atoms with Crippen molar-refractivity contribution in [3.8, 4) is 0 Å². The monoisotopic (exact) mass is 1440 g/mol. The Hall–Kier alpha value is -4.98. The second-order valence-corrected chi connectivity index (χ2v) is 31.1. The van der Waals surface area contributed by atoms with E-state index >= 15 is 0 Å². The van der Waals surface area contributed by atoms with Crippen molar-refractivity contribution in [3.63, 3.8) is 0 Å². The number of amides is 3. The topological polar surface area (TPSA) is 441 Å². The third-order valence-corrected chi connectivity index (χ3v) is 22.5. The van der Waals surface area contributed by atoms with Crippen molar-refractivity contribution in [1.29, 1.82) is 0 Å². The van der Waals surface area contributed by atoms with Crippen LogP contribution in [0.3, 0.4) is 0 Å². The normalized spacial score (nSPS) is 19.9. The van der Waals surface area contributed by atoms with E-state index in [0.29, 0.717) is 51.1 Å². The number of phosphoric ester groups is 1. The number of ether oxygens (including phenoxy) is 3. The number of rotatable bonds is 36. The average molecular weight is 1440 g/mol. The smallest absolute Gasteiger partial charge is 0.490 e. The lowest BCUT2D eigenvalue weighted by molar-refractivity contribution is -0.777. The number of imidazole rings is 1. The van der Waals surface area contributed by atoms with E-state index in [4.69, 9.17) is 24.0 Å². The molecule has 512 valence electrons. The second-order valence-electron chi connectivity index (χ2n) is 21.9. The molecule has 0 radical (unpaired) electrons. The summed E-state index contributed by atoms with van der Waals surface area (Å²) in [5, 5.41) is 32.8. The summed E-state index contributed by atoms with van der Waals surface area (Å²) < 4.78 is 106. The lowest BCUT2D eigenvalue weighted by Crippen LogP contribution is -2.48. The Morgan fingerprint density at radius 2 is 1.70 bits per heavy atom. The van der Waals surface area contributed by atoms with Crippen molar-refractivity contribution in [2.75, 3.05) is 67.8 Å². The van der Waals surface area contributed by atoms with E-state index in [-0.39, 0.29) is 77.5 Å². The summed E-state index contributed by atoms with van der Waals surface area (Å²) in [5.74, 6) is -0.0441. The third-order valence-electron chi connectivity index (χ3n) is 14.8. The van der Waals surface area contributed by atoms with Gasteiger partial charge in [-0.25, -0.2) is 33.4 Å². The zero-order valence-corrected chi connectivity index (χ0v) is 57.2. The third kappa shape index (κ3) is 20.8. The molecule has 0 aliphatic carbocycles. The van der Waals surface area contributed by atoms with E-state index in [1.807, 2.05) is 63.3 Å². The van der Waals surface area contributed by atoms with Gasteiger partial charge >= 0.3 is 29.6 Å². The van der Waals surface area contributed by atoms with Crippen molar-refractivity contribution in [2.24, 2.45) is 0 Å². The number of fused-ring (bicyclic) bond motifs is 3. The molecular formula is C54H74N9O23P3S4. The number of carbonyl (C=O) groups excluding carboxylic acids is 3. The van der Waals surface area contributed by atoms with Gasteiger partial charge in [-0.15, -0.1) is 0 Å². The van der Waals surface area contributed by atoms with Crippen molar-refractivity contribution >= 4 is 119 Å². The predicted octanol–water partition coefficient (Wildman–Crippen LogP) is 6.70. The molecule has 3 aliphatic rings. The number of hydrogen-bond acceptors (Lipinski definition) is 25. The van der Waals surface area contributed by atoms with Gasteiger partial charge in [0.2, 0.25) is 17.5 Å². The fourth-order valence-corrected chi connectivity index (χ4v) is 16.6. The number of nitrogens with zero attached hydrogens (tertiary/aromatic N) is 6. The van der Waals surface area contributed by atoms with Gasteiger partial charge in [0, 0.05) is 89.9 Å². The molecule has 7 rings (SSSR count). The summed E-state index contributed by atoms with van der Waals surface area (Å²) >= 11 is 0.839. The van der Waals surface area contributed by atoms with Gasteiger partial charge in [-0.1, -0.05) is 53.7 Å². The summed E-state index contributed by atoms with van der Waals surface area (Å²) in [6.07, 6.45) is 9.84. The molecule has 4 aromatic rings. The number of likely N-dealkylation sites (N-methyl/N-ethyl adjacent to an activating group) is 1. The highest BCUT2D eigenvalue weighted by Crippen LogP contribution is 2.66. The zero-order valence-electron chi connectivity index (χ0n) is 51.2. The Bertz CT molecular complexity index is 3720. The first-order valence-electron chi connectivity index (χ1n) is 28.9. The number of carbonyl (C=O) groups is 3. The second kappa shape index (κ2) is 33.3. The van der Waals surface area contributed by atoms with Crippen molar-refractivity contribution in [2.45, 2.75) is 125 Å². The van der Waals surface area contributed by atoms with Crippen LogP contribution in [-0.2, 0) is 81.0 Å². The number of aliphatic hydroxyl groups excluding tert-OH is 1. The van der Waals surface area contributed by atoms with E-state index < -0.39 is 76.2 Å². The Kier molecular flexibility index (Phi) is 27.0. The van der Waals surface area contributed by atoms with E-state index in [1.54, 1.807) is 6.07 Å². The van der Waals surface area contributed by atoms with Crippen LogP contribution >= 0.6 is 57.1 Å². The minimum atomic E-state index is -5.78. The molecule has 32 nitrogen and oxygen atoms in total. The highest BCUT2D eigenvalue weighted by Gasteiger charge is 2.46. The van der Waals surface area contributed by atoms with Crippen molar-refractivity contribution in [3.05, 3.63) is 96.3 Å². The van der Waals surface area contributed by atoms with Crippen LogP contribution in [0.4, 0.5) is 22.0 Å². The first-order valence-corrected chi connectivity index (χ1v) is 38.1. The highest BCUT2D eigenvalue weighted by molar-refractivity contribution is 8.76.